The molecule has 0 aliphatic rings. The van der Waals surface area contributed by atoms with Gasteiger partial charge in [-0.1, -0.05) is 13.3 Å². The van der Waals surface area contributed by atoms with Gasteiger partial charge in [0, 0.05) is 32.9 Å². The first-order valence-electron chi connectivity index (χ1n) is 5.67. The summed E-state index contributed by atoms with van der Waals surface area (Å²) in [5.41, 5.74) is 6.14. The Morgan fingerprint density at radius 3 is 2.81 bits per heavy atom. The summed E-state index contributed by atoms with van der Waals surface area (Å²) < 4.78 is 1.63. The molecule has 0 aliphatic heterocycles. The first kappa shape index (κ1) is 12.7. The molecule has 0 saturated heterocycles. The van der Waals surface area contributed by atoms with Crippen molar-refractivity contribution in [3.8, 4) is 0 Å². The molecule has 1 aromatic heterocycles. The molecule has 1 amide bonds. The molecule has 16 heavy (non-hydrogen) atoms. The minimum absolute atomic E-state index is 0.0204. The van der Waals surface area contributed by atoms with Crippen LogP contribution >= 0.6 is 0 Å². The van der Waals surface area contributed by atoms with Gasteiger partial charge >= 0.3 is 0 Å². The first-order chi connectivity index (χ1) is 7.69. The van der Waals surface area contributed by atoms with Crippen LogP contribution in [0, 0.1) is 0 Å². The minimum atomic E-state index is 0.0204. The molecule has 0 aromatic carbocycles. The van der Waals surface area contributed by atoms with Crippen molar-refractivity contribution in [1.82, 2.24) is 14.7 Å². The number of aryl methyl sites for hydroxylation is 1. The van der Waals surface area contributed by atoms with Crippen molar-refractivity contribution in [3.05, 3.63) is 18.0 Å². The Hall–Kier alpha value is -1.36. The first-order valence-corrected chi connectivity index (χ1v) is 5.67. The van der Waals surface area contributed by atoms with Crippen LogP contribution in [0.25, 0.3) is 0 Å². The summed E-state index contributed by atoms with van der Waals surface area (Å²) in [5, 5.41) is 4.00. The van der Waals surface area contributed by atoms with Crippen LogP contribution in [0.1, 0.15) is 30.1 Å². The lowest BCUT2D eigenvalue weighted by molar-refractivity contribution is 0.0758. The van der Waals surface area contributed by atoms with Gasteiger partial charge in [0.25, 0.3) is 5.91 Å². The highest BCUT2D eigenvalue weighted by Gasteiger charge is 2.15. The topological polar surface area (TPSA) is 64.2 Å². The van der Waals surface area contributed by atoms with E-state index in [9.17, 15) is 4.79 Å². The molecule has 0 atom stereocenters. The molecule has 1 rings (SSSR count). The third-order valence-electron chi connectivity index (χ3n) is 2.42. The number of carbonyl (C=O) groups excluding carboxylic acids is 1. The number of rotatable bonds is 6. The van der Waals surface area contributed by atoms with Crippen LogP contribution in [-0.2, 0) is 7.05 Å². The molecule has 1 aromatic rings. The zero-order chi connectivity index (χ0) is 12.0. The third kappa shape index (κ3) is 3.34. The van der Waals surface area contributed by atoms with Gasteiger partial charge in [-0.15, -0.1) is 0 Å². The Balaban J connectivity index is 2.66. The van der Waals surface area contributed by atoms with Gasteiger partial charge in [0.15, 0.2) is 0 Å². The number of nitrogens with two attached hydrogens (primary N) is 1. The molecule has 90 valence electrons. The fourth-order valence-corrected chi connectivity index (χ4v) is 1.53. The maximum atomic E-state index is 12.1. The predicted molar refractivity (Wildman–Crippen MR) is 63.1 cm³/mol. The molecule has 5 nitrogen and oxygen atoms in total. The van der Waals surface area contributed by atoms with Crippen molar-refractivity contribution < 1.29 is 4.79 Å². The zero-order valence-corrected chi connectivity index (χ0v) is 10.0. The number of amides is 1. The fraction of sp³-hybridized carbons (Fsp3) is 0.636. The Morgan fingerprint density at radius 2 is 2.31 bits per heavy atom. The molecule has 2 N–H and O–H groups in total. The lowest BCUT2D eigenvalue weighted by atomic mass is 10.2. The molecule has 0 aliphatic carbocycles. The van der Waals surface area contributed by atoms with Crippen molar-refractivity contribution in [2.24, 2.45) is 12.8 Å². The van der Waals surface area contributed by atoms with E-state index in [0.717, 1.165) is 19.4 Å². The van der Waals surface area contributed by atoms with Crippen molar-refractivity contribution in [3.63, 3.8) is 0 Å². The van der Waals surface area contributed by atoms with Gasteiger partial charge in [-0.05, 0) is 6.42 Å². The number of aromatic nitrogens is 2. The highest BCUT2D eigenvalue weighted by atomic mass is 16.2. The van der Waals surface area contributed by atoms with E-state index in [1.54, 1.807) is 29.0 Å². The van der Waals surface area contributed by atoms with Gasteiger partial charge in [-0.2, -0.15) is 5.10 Å². The van der Waals surface area contributed by atoms with Crippen molar-refractivity contribution in [2.45, 2.75) is 19.8 Å². The van der Waals surface area contributed by atoms with E-state index in [1.165, 1.54) is 0 Å². The molecular weight excluding hydrogens is 204 g/mol. The molecule has 0 radical (unpaired) electrons. The summed E-state index contributed by atoms with van der Waals surface area (Å²) in [6.45, 7) is 3.97. The van der Waals surface area contributed by atoms with Gasteiger partial charge in [-0.25, -0.2) is 0 Å². The standard InChI is InChI=1S/C11H20N4O/c1-3-4-6-15(7-5-12)11(16)10-8-13-14(2)9-10/h8-9H,3-7,12H2,1-2H3. The van der Waals surface area contributed by atoms with E-state index in [4.69, 9.17) is 5.73 Å². The summed E-state index contributed by atoms with van der Waals surface area (Å²) >= 11 is 0. The minimum Gasteiger partial charge on any atom is -0.337 e. The van der Waals surface area contributed by atoms with E-state index in [1.807, 2.05) is 0 Å². The van der Waals surface area contributed by atoms with Crippen LogP contribution in [0.2, 0.25) is 0 Å². The Morgan fingerprint density at radius 1 is 1.56 bits per heavy atom. The van der Waals surface area contributed by atoms with Gasteiger partial charge in [-0.3, -0.25) is 9.48 Å². The second-order valence-corrected chi connectivity index (χ2v) is 3.84. The number of nitrogens with zero attached hydrogens (tertiary/aromatic N) is 3. The maximum absolute atomic E-state index is 12.1. The van der Waals surface area contributed by atoms with Crippen LogP contribution in [-0.4, -0.2) is 40.2 Å². The normalized spacial score (nSPS) is 10.4. The highest BCUT2D eigenvalue weighted by Crippen LogP contribution is 2.04. The summed E-state index contributed by atoms with van der Waals surface area (Å²) in [4.78, 5) is 13.9. The van der Waals surface area contributed by atoms with E-state index in [0.29, 0.717) is 18.7 Å². The average Bonchev–Trinajstić information content (AvgIpc) is 2.70. The zero-order valence-electron chi connectivity index (χ0n) is 10.0. The summed E-state index contributed by atoms with van der Waals surface area (Å²) in [6.07, 6.45) is 5.41. The molecule has 5 heteroatoms. The van der Waals surface area contributed by atoms with Gasteiger partial charge < -0.3 is 10.6 Å². The second-order valence-electron chi connectivity index (χ2n) is 3.84. The average molecular weight is 224 g/mol. The van der Waals surface area contributed by atoms with E-state index in [2.05, 4.69) is 12.0 Å². The molecule has 0 bridgehead atoms. The van der Waals surface area contributed by atoms with Crippen LogP contribution in [0.5, 0.6) is 0 Å². The lowest BCUT2D eigenvalue weighted by Gasteiger charge is -2.20. The van der Waals surface area contributed by atoms with Crippen LogP contribution in [0.4, 0.5) is 0 Å². The fourth-order valence-electron chi connectivity index (χ4n) is 1.53. The van der Waals surface area contributed by atoms with Gasteiger partial charge in [0.2, 0.25) is 0 Å². The quantitative estimate of drug-likeness (QED) is 0.770. The second kappa shape index (κ2) is 6.27. The van der Waals surface area contributed by atoms with Gasteiger partial charge in [0.1, 0.15) is 0 Å². The Bertz CT molecular complexity index is 334. The Labute approximate surface area is 96.2 Å². The molecule has 0 saturated carbocycles. The summed E-state index contributed by atoms with van der Waals surface area (Å²) in [6, 6.07) is 0. The maximum Gasteiger partial charge on any atom is 0.257 e. The Kier molecular flexibility index (Phi) is 4.98. The molecule has 0 unspecified atom stereocenters. The molecule has 1 heterocycles. The SMILES string of the molecule is CCCCN(CCN)C(=O)c1cnn(C)c1. The van der Waals surface area contributed by atoms with E-state index in [-0.39, 0.29) is 5.91 Å². The monoisotopic (exact) mass is 224 g/mol. The highest BCUT2D eigenvalue weighted by molar-refractivity contribution is 5.93. The largest absolute Gasteiger partial charge is 0.337 e. The summed E-state index contributed by atoms with van der Waals surface area (Å²) in [5.74, 6) is 0.0204. The van der Waals surface area contributed by atoms with Crippen LogP contribution in [0.15, 0.2) is 12.4 Å². The molecule has 0 spiro atoms. The van der Waals surface area contributed by atoms with Crippen molar-refractivity contribution in [2.75, 3.05) is 19.6 Å². The number of carbonyl (C=O) groups is 1. The van der Waals surface area contributed by atoms with Gasteiger partial charge in [0.05, 0.1) is 11.8 Å². The van der Waals surface area contributed by atoms with Crippen LogP contribution < -0.4 is 5.73 Å². The van der Waals surface area contributed by atoms with E-state index < -0.39 is 0 Å². The number of hydrogen-bond acceptors (Lipinski definition) is 3. The van der Waals surface area contributed by atoms with Crippen molar-refractivity contribution >= 4 is 5.91 Å². The summed E-state index contributed by atoms with van der Waals surface area (Å²) in [7, 11) is 1.80. The number of unbranched alkanes of at least 4 members (excludes halogenated alkanes) is 1. The predicted octanol–water partition coefficient (Wildman–Crippen LogP) is 0.621. The van der Waals surface area contributed by atoms with Crippen molar-refractivity contribution in [1.29, 1.82) is 0 Å². The van der Waals surface area contributed by atoms with Crippen LogP contribution in [0.3, 0.4) is 0 Å². The molecular formula is C11H20N4O. The number of hydrogen-bond donors (Lipinski definition) is 1. The smallest absolute Gasteiger partial charge is 0.257 e. The molecule has 0 fully saturated rings. The van der Waals surface area contributed by atoms with E-state index >= 15 is 0 Å². The third-order valence-corrected chi connectivity index (χ3v) is 2.42. The lowest BCUT2D eigenvalue weighted by Crippen LogP contribution is -2.36.